The van der Waals surface area contributed by atoms with E-state index < -0.39 is 0 Å². The van der Waals surface area contributed by atoms with Crippen molar-refractivity contribution in [2.24, 2.45) is 5.10 Å². The van der Waals surface area contributed by atoms with E-state index in [1.165, 1.54) is 5.01 Å². The van der Waals surface area contributed by atoms with Crippen molar-refractivity contribution in [2.45, 2.75) is 19.8 Å². The van der Waals surface area contributed by atoms with Gasteiger partial charge in [-0.05, 0) is 30.7 Å². The first-order chi connectivity index (χ1) is 14.6. The first-order valence-electron chi connectivity index (χ1n) is 10.2. The summed E-state index contributed by atoms with van der Waals surface area (Å²) in [5, 5.41) is 8.88. The van der Waals surface area contributed by atoms with Gasteiger partial charge in [0.1, 0.15) is 5.75 Å². The largest absolute Gasteiger partial charge is 0.495 e. The minimum absolute atomic E-state index is 0.0977. The predicted octanol–water partition coefficient (Wildman–Crippen LogP) is 2.98. The fourth-order valence-electron chi connectivity index (χ4n) is 3.41. The second kappa shape index (κ2) is 10.5. The maximum Gasteiger partial charge on any atom is 0.256 e. The Morgan fingerprint density at radius 2 is 1.83 bits per heavy atom. The molecule has 7 heteroatoms. The number of ether oxygens (including phenoxy) is 1. The van der Waals surface area contributed by atoms with E-state index in [1.807, 2.05) is 54.3 Å². The van der Waals surface area contributed by atoms with Gasteiger partial charge in [0.05, 0.1) is 38.1 Å². The van der Waals surface area contributed by atoms with Crippen LogP contribution in [-0.4, -0.2) is 60.7 Å². The Labute approximate surface area is 177 Å². The topological polar surface area (TPSA) is 74.2 Å². The molecule has 1 aliphatic heterocycles. The SMILES string of the molecule is CCCN(CC(=O)Nc1ccccc1OC)CC(=O)N1CCC(c2ccccc2)=N1. The maximum absolute atomic E-state index is 12.8. The normalized spacial score (nSPS) is 13.3. The lowest BCUT2D eigenvalue weighted by molar-refractivity contribution is -0.132. The summed E-state index contributed by atoms with van der Waals surface area (Å²) in [6.07, 6.45) is 1.57. The van der Waals surface area contributed by atoms with Gasteiger partial charge < -0.3 is 10.1 Å². The molecule has 0 saturated heterocycles. The molecule has 1 heterocycles. The molecule has 30 heavy (non-hydrogen) atoms. The van der Waals surface area contributed by atoms with E-state index in [2.05, 4.69) is 10.4 Å². The van der Waals surface area contributed by atoms with Crippen molar-refractivity contribution in [3.8, 4) is 5.75 Å². The lowest BCUT2D eigenvalue weighted by Gasteiger charge is -2.22. The molecule has 0 aliphatic carbocycles. The van der Waals surface area contributed by atoms with Crippen molar-refractivity contribution >= 4 is 23.2 Å². The molecular formula is C23H28N4O3. The van der Waals surface area contributed by atoms with Crippen LogP contribution in [0.1, 0.15) is 25.3 Å². The lowest BCUT2D eigenvalue weighted by atomic mass is 10.1. The fourth-order valence-corrected chi connectivity index (χ4v) is 3.41. The molecule has 0 unspecified atom stereocenters. The van der Waals surface area contributed by atoms with Gasteiger partial charge in [0.2, 0.25) is 5.91 Å². The molecule has 0 aromatic heterocycles. The number of hydrogen-bond acceptors (Lipinski definition) is 5. The van der Waals surface area contributed by atoms with Gasteiger partial charge in [-0.1, -0.05) is 49.4 Å². The molecule has 158 valence electrons. The monoisotopic (exact) mass is 408 g/mol. The van der Waals surface area contributed by atoms with E-state index in [0.29, 0.717) is 24.5 Å². The Bertz CT molecular complexity index is 898. The van der Waals surface area contributed by atoms with Crippen molar-refractivity contribution in [1.82, 2.24) is 9.91 Å². The summed E-state index contributed by atoms with van der Waals surface area (Å²) in [5.74, 6) is 0.318. The second-order valence-electron chi connectivity index (χ2n) is 7.14. The Balaban J connectivity index is 1.59. The van der Waals surface area contributed by atoms with Gasteiger partial charge in [-0.3, -0.25) is 14.5 Å². The molecule has 0 radical (unpaired) electrons. The summed E-state index contributed by atoms with van der Waals surface area (Å²) >= 11 is 0. The molecule has 3 rings (SSSR count). The third-order valence-electron chi connectivity index (χ3n) is 4.84. The Kier molecular flexibility index (Phi) is 7.57. The van der Waals surface area contributed by atoms with Gasteiger partial charge in [-0.2, -0.15) is 5.10 Å². The molecule has 0 bridgehead atoms. The Morgan fingerprint density at radius 3 is 2.57 bits per heavy atom. The van der Waals surface area contributed by atoms with E-state index in [0.717, 1.165) is 24.1 Å². The number of carbonyl (C=O) groups is 2. The highest BCUT2D eigenvalue weighted by atomic mass is 16.5. The van der Waals surface area contributed by atoms with Crippen LogP contribution in [0.4, 0.5) is 5.69 Å². The van der Waals surface area contributed by atoms with Crippen LogP contribution in [0, 0.1) is 0 Å². The number of hydrazone groups is 1. The number of nitrogens with one attached hydrogen (secondary N) is 1. The van der Waals surface area contributed by atoms with Crippen LogP contribution < -0.4 is 10.1 Å². The van der Waals surface area contributed by atoms with Crippen LogP contribution in [0.15, 0.2) is 59.7 Å². The highest BCUT2D eigenvalue weighted by Crippen LogP contribution is 2.23. The van der Waals surface area contributed by atoms with Gasteiger partial charge in [0.25, 0.3) is 5.91 Å². The minimum atomic E-state index is -0.185. The van der Waals surface area contributed by atoms with E-state index in [-0.39, 0.29) is 24.9 Å². The number of benzene rings is 2. The number of carbonyl (C=O) groups excluding carboxylic acids is 2. The van der Waals surface area contributed by atoms with Crippen LogP contribution in [0.3, 0.4) is 0 Å². The molecule has 7 nitrogen and oxygen atoms in total. The van der Waals surface area contributed by atoms with Crippen molar-refractivity contribution in [1.29, 1.82) is 0 Å². The predicted molar refractivity (Wildman–Crippen MR) is 118 cm³/mol. The number of nitrogens with zero attached hydrogens (tertiary/aromatic N) is 3. The molecule has 1 N–H and O–H groups in total. The molecule has 0 saturated carbocycles. The molecule has 2 aromatic carbocycles. The van der Waals surface area contributed by atoms with Crippen LogP contribution in [0.5, 0.6) is 5.75 Å². The highest BCUT2D eigenvalue weighted by molar-refractivity contribution is 6.02. The third kappa shape index (κ3) is 5.67. The average Bonchev–Trinajstić information content (AvgIpc) is 3.25. The maximum atomic E-state index is 12.8. The Hall–Kier alpha value is -3.19. The van der Waals surface area contributed by atoms with Crippen LogP contribution >= 0.6 is 0 Å². The fraction of sp³-hybridized carbons (Fsp3) is 0.348. The smallest absolute Gasteiger partial charge is 0.256 e. The highest BCUT2D eigenvalue weighted by Gasteiger charge is 2.24. The zero-order chi connectivity index (χ0) is 21.3. The number of rotatable bonds is 9. The molecule has 2 aromatic rings. The first kappa shape index (κ1) is 21.5. The standard InChI is InChI=1S/C23H28N4O3/c1-3-14-26(16-22(28)24-20-11-7-8-12-21(20)30-2)17-23(29)27-15-13-19(25-27)18-9-5-4-6-10-18/h4-12H,3,13-17H2,1-2H3,(H,24,28). The molecule has 2 amide bonds. The summed E-state index contributed by atoms with van der Waals surface area (Å²) < 4.78 is 5.27. The molecular weight excluding hydrogens is 380 g/mol. The van der Waals surface area contributed by atoms with Gasteiger partial charge in [-0.15, -0.1) is 0 Å². The summed E-state index contributed by atoms with van der Waals surface area (Å²) in [4.78, 5) is 27.2. The summed E-state index contributed by atoms with van der Waals surface area (Å²) in [5.41, 5.74) is 2.57. The molecule has 1 aliphatic rings. The van der Waals surface area contributed by atoms with Gasteiger partial charge in [-0.25, -0.2) is 5.01 Å². The first-order valence-corrected chi connectivity index (χ1v) is 10.2. The number of amides is 2. The number of hydrogen-bond donors (Lipinski definition) is 1. The summed E-state index contributed by atoms with van der Waals surface area (Å²) in [7, 11) is 1.56. The van der Waals surface area contributed by atoms with Crippen molar-refractivity contribution in [3.63, 3.8) is 0 Å². The van der Waals surface area contributed by atoms with E-state index in [9.17, 15) is 9.59 Å². The Morgan fingerprint density at radius 1 is 1.10 bits per heavy atom. The van der Waals surface area contributed by atoms with Crippen LogP contribution in [0.25, 0.3) is 0 Å². The van der Waals surface area contributed by atoms with Crippen LogP contribution in [0.2, 0.25) is 0 Å². The van der Waals surface area contributed by atoms with Crippen molar-refractivity contribution in [2.75, 3.05) is 38.6 Å². The minimum Gasteiger partial charge on any atom is -0.495 e. The van der Waals surface area contributed by atoms with Crippen molar-refractivity contribution in [3.05, 3.63) is 60.2 Å². The number of para-hydroxylation sites is 2. The summed E-state index contributed by atoms with van der Waals surface area (Å²) in [6.45, 7) is 3.52. The second-order valence-corrected chi connectivity index (χ2v) is 7.14. The van der Waals surface area contributed by atoms with Gasteiger partial charge >= 0.3 is 0 Å². The van der Waals surface area contributed by atoms with E-state index in [1.54, 1.807) is 19.2 Å². The zero-order valence-corrected chi connectivity index (χ0v) is 17.5. The summed E-state index contributed by atoms with van der Waals surface area (Å²) in [6, 6.07) is 17.1. The van der Waals surface area contributed by atoms with Crippen molar-refractivity contribution < 1.29 is 14.3 Å². The van der Waals surface area contributed by atoms with Gasteiger partial charge in [0.15, 0.2) is 0 Å². The van der Waals surface area contributed by atoms with E-state index >= 15 is 0 Å². The average molecular weight is 409 g/mol. The van der Waals surface area contributed by atoms with Crippen LogP contribution in [-0.2, 0) is 9.59 Å². The third-order valence-corrected chi connectivity index (χ3v) is 4.84. The van der Waals surface area contributed by atoms with E-state index in [4.69, 9.17) is 4.74 Å². The molecule has 0 atom stereocenters. The number of anilines is 1. The zero-order valence-electron chi connectivity index (χ0n) is 17.5. The molecule has 0 fully saturated rings. The quantitative estimate of drug-likeness (QED) is 0.692. The number of methoxy groups -OCH3 is 1. The van der Waals surface area contributed by atoms with Gasteiger partial charge in [0, 0.05) is 6.42 Å². The molecule has 0 spiro atoms. The lowest BCUT2D eigenvalue weighted by Crippen LogP contribution is -2.41.